The van der Waals surface area contributed by atoms with Crippen LogP contribution in [0.15, 0.2) is 18.2 Å². The molecule has 1 N–H and O–H groups in total. The maximum Gasteiger partial charge on any atom is 0.326 e. The molecule has 4 heteroatoms. The Morgan fingerprint density at radius 1 is 1.21 bits per heavy atom. The maximum absolute atomic E-state index is 12.5. The van der Waals surface area contributed by atoms with Crippen molar-refractivity contribution >= 4 is 11.9 Å². The highest BCUT2D eigenvalue weighted by Gasteiger charge is 2.38. The van der Waals surface area contributed by atoms with Gasteiger partial charge in [0.05, 0.1) is 0 Å². The topological polar surface area (TPSA) is 57.6 Å². The molecule has 0 radical (unpaired) electrons. The Kier molecular flexibility index (Phi) is 3.60. The summed E-state index contributed by atoms with van der Waals surface area (Å²) in [5.41, 5.74) is 2.61. The van der Waals surface area contributed by atoms with Crippen molar-refractivity contribution < 1.29 is 14.7 Å². The SMILES string of the molecule is Cc1cc(C)cc(C(=O)N(C2CC2)C(C)C(=O)O)c1. The molecule has 1 aliphatic rings. The lowest BCUT2D eigenvalue weighted by Gasteiger charge is -2.26. The second-order valence-electron chi connectivity index (χ2n) is 5.33. The van der Waals surface area contributed by atoms with Gasteiger partial charge in [-0.15, -0.1) is 0 Å². The number of amides is 1. The normalized spacial score (nSPS) is 15.9. The fourth-order valence-electron chi connectivity index (χ4n) is 2.38. The maximum atomic E-state index is 12.5. The minimum Gasteiger partial charge on any atom is -0.480 e. The summed E-state index contributed by atoms with van der Waals surface area (Å²) in [5.74, 6) is -1.13. The van der Waals surface area contributed by atoms with Gasteiger partial charge in [-0.25, -0.2) is 4.79 Å². The zero-order valence-corrected chi connectivity index (χ0v) is 11.5. The monoisotopic (exact) mass is 261 g/mol. The van der Waals surface area contributed by atoms with Gasteiger partial charge in [0.1, 0.15) is 6.04 Å². The van der Waals surface area contributed by atoms with Gasteiger partial charge in [0, 0.05) is 11.6 Å². The number of hydrogen-bond donors (Lipinski definition) is 1. The number of benzene rings is 1. The van der Waals surface area contributed by atoms with Crippen LogP contribution >= 0.6 is 0 Å². The van der Waals surface area contributed by atoms with Crippen molar-refractivity contribution in [2.45, 2.75) is 45.7 Å². The van der Waals surface area contributed by atoms with E-state index in [0.717, 1.165) is 24.0 Å². The average Bonchev–Trinajstić information content (AvgIpc) is 3.12. The molecule has 19 heavy (non-hydrogen) atoms. The van der Waals surface area contributed by atoms with Gasteiger partial charge >= 0.3 is 5.97 Å². The summed E-state index contributed by atoms with van der Waals surface area (Å²) in [5, 5.41) is 9.14. The van der Waals surface area contributed by atoms with E-state index in [0.29, 0.717) is 5.56 Å². The molecule has 2 rings (SSSR count). The Hall–Kier alpha value is -1.84. The molecule has 0 bridgehead atoms. The highest BCUT2D eigenvalue weighted by molar-refractivity contribution is 5.97. The van der Waals surface area contributed by atoms with Gasteiger partial charge < -0.3 is 10.0 Å². The summed E-state index contributed by atoms with van der Waals surface area (Å²) < 4.78 is 0. The second kappa shape index (κ2) is 5.03. The molecule has 0 spiro atoms. The van der Waals surface area contributed by atoms with Crippen LogP contribution in [0.3, 0.4) is 0 Å². The van der Waals surface area contributed by atoms with E-state index in [1.165, 1.54) is 4.90 Å². The van der Waals surface area contributed by atoms with Crippen LogP contribution in [-0.2, 0) is 4.79 Å². The average molecular weight is 261 g/mol. The van der Waals surface area contributed by atoms with Gasteiger partial charge in [0.25, 0.3) is 5.91 Å². The predicted octanol–water partition coefficient (Wildman–Crippen LogP) is 2.38. The Morgan fingerprint density at radius 2 is 1.74 bits per heavy atom. The van der Waals surface area contributed by atoms with Crippen molar-refractivity contribution in [1.29, 1.82) is 0 Å². The standard InChI is InChI=1S/C15H19NO3/c1-9-6-10(2)8-12(7-9)14(17)16(13-4-5-13)11(3)15(18)19/h6-8,11,13H,4-5H2,1-3H3,(H,18,19). The highest BCUT2D eigenvalue weighted by atomic mass is 16.4. The summed E-state index contributed by atoms with van der Waals surface area (Å²) in [6, 6.07) is 4.94. The summed E-state index contributed by atoms with van der Waals surface area (Å²) in [7, 11) is 0. The van der Waals surface area contributed by atoms with Crippen LogP contribution < -0.4 is 0 Å². The van der Waals surface area contributed by atoms with Crippen LogP contribution in [0.25, 0.3) is 0 Å². The van der Waals surface area contributed by atoms with Crippen LogP contribution in [0, 0.1) is 13.8 Å². The van der Waals surface area contributed by atoms with Crippen LogP contribution in [0.5, 0.6) is 0 Å². The molecule has 1 aliphatic carbocycles. The zero-order chi connectivity index (χ0) is 14.2. The fraction of sp³-hybridized carbons (Fsp3) is 0.467. The number of carbonyl (C=O) groups is 2. The smallest absolute Gasteiger partial charge is 0.326 e. The van der Waals surface area contributed by atoms with Gasteiger partial charge in [-0.1, -0.05) is 17.2 Å². The number of aliphatic carboxylic acids is 1. The van der Waals surface area contributed by atoms with E-state index in [-0.39, 0.29) is 11.9 Å². The van der Waals surface area contributed by atoms with E-state index in [4.69, 9.17) is 5.11 Å². The van der Waals surface area contributed by atoms with Gasteiger partial charge in [-0.2, -0.15) is 0 Å². The molecule has 1 aromatic rings. The number of carbonyl (C=O) groups excluding carboxylic acids is 1. The van der Waals surface area contributed by atoms with E-state index in [1.54, 1.807) is 6.92 Å². The summed E-state index contributed by atoms with van der Waals surface area (Å²) in [6.07, 6.45) is 1.79. The first kappa shape index (κ1) is 13.6. The molecule has 1 fully saturated rings. The molecular formula is C15H19NO3. The van der Waals surface area contributed by atoms with E-state index in [1.807, 2.05) is 32.0 Å². The van der Waals surface area contributed by atoms with Crippen LogP contribution in [-0.4, -0.2) is 34.0 Å². The van der Waals surface area contributed by atoms with E-state index < -0.39 is 12.0 Å². The fourth-order valence-corrected chi connectivity index (χ4v) is 2.38. The van der Waals surface area contributed by atoms with Gasteiger partial charge in [-0.05, 0) is 45.7 Å². The molecule has 0 saturated heterocycles. The van der Waals surface area contributed by atoms with Crippen molar-refractivity contribution in [3.05, 3.63) is 34.9 Å². The lowest BCUT2D eigenvalue weighted by atomic mass is 10.1. The lowest BCUT2D eigenvalue weighted by molar-refractivity contribution is -0.141. The Bertz CT molecular complexity index is 500. The first-order chi connectivity index (χ1) is 8.90. The van der Waals surface area contributed by atoms with Crippen molar-refractivity contribution in [2.24, 2.45) is 0 Å². The number of carboxylic acids is 1. The molecular weight excluding hydrogens is 242 g/mol. The van der Waals surface area contributed by atoms with Gasteiger partial charge in [0.15, 0.2) is 0 Å². The molecule has 0 heterocycles. The number of nitrogens with zero attached hydrogens (tertiary/aromatic N) is 1. The number of hydrogen-bond acceptors (Lipinski definition) is 2. The quantitative estimate of drug-likeness (QED) is 0.905. The van der Waals surface area contributed by atoms with Gasteiger partial charge in [-0.3, -0.25) is 4.79 Å². The third-order valence-corrected chi connectivity index (χ3v) is 3.42. The van der Waals surface area contributed by atoms with Crippen molar-refractivity contribution in [1.82, 2.24) is 4.90 Å². The van der Waals surface area contributed by atoms with Crippen molar-refractivity contribution in [3.8, 4) is 0 Å². The molecule has 1 saturated carbocycles. The molecule has 1 amide bonds. The van der Waals surface area contributed by atoms with E-state index in [9.17, 15) is 9.59 Å². The van der Waals surface area contributed by atoms with Gasteiger partial charge in [0.2, 0.25) is 0 Å². The largest absolute Gasteiger partial charge is 0.480 e. The minimum atomic E-state index is -0.954. The zero-order valence-electron chi connectivity index (χ0n) is 11.5. The number of aryl methyl sites for hydroxylation is 2. The van der Waals surface area contributed by atoms with E-state index >= 15 is 0 Å². The Balaban J connectivity index is 2.31. The molecule has 0 aromatic heterocycles. The first-order valence-corrected chi connectivity index (χ1v) is 6.54. The molecule has 1 unspecified atom stereocenters. The Morgan fingerprint density at radius 3 is 2.16 bits per heavy atom. The van der Waals surface area contributed by atoms with E-state index in [2.05, 4.69) is 0 Å². The van der Waals surface area contributed by atoms with Crippen LogP contribution in [0.2, 0.25) is 0 Å². The lowest BCUT2D eigenvalue weighted by Crippen LogP contribution is -2.44. The molecule has 4 nitrogen and oxygen atoms in total. The number of carboxylic acid groups (broad SMARTS) is 1. The molecule has 1 atom stereocenters. The number of rotatable bonds is 4. The molecule has 1 aromatic carbocycles. The van der Waals surface area contributed by atoms with Crippen LogP contribution in [0.4, 0.5) is 0 Å². The summed E-state index contributed by atoms with van der Waals surface area (Å²) >= 11 is 0. The Labute approximate surface area is 113 Å². The second-order valence-corrected chi connectivity index (χ2v) is 5.33. The molecule has 102 valence electrons. The summed E-state index contributed by atoms with van der Waals surface area (Å²) in [4.78, 5) is 25.2. The van der Waals surface area contributed by atoms with Crippen LogP contribution in [0.1, 0.15) is 41.3 Å². The minimum absolute atomic E-state index is 0.0828. The van der Waals surface area contributed by atoms with Crippen molar-refractivity contribution in [3.63, 3.8) is 0 Å². The summed E-state index contributed by atoms with van der Waals surface area (Å²) in [6.45, 7) is 5.44. The third kappa shape index (κ3) is 2.95. The first-order valence-electron chi connectivity index (χ1n) is 6.54. The van der Waals surface area contributed by atoms with Crippen molar-refractivity contribution in [2.75, 3.05) is 0 Å². The molecule has 0 aliphatic heterocycles. The third-order valence-electron chi connectivity index (χ3n) is 3.42. The highest BCUT2D eigenvalue weighted by Crippen LogP contribution is 2.30. The predicted molar refractivity (Wildman–Crippen MR) is 72.2 cm³/mol.